The number of rotatable bonds is 6. The number of aliphatic carboxylic acids is 1. The summed E-state index contributed by atoms with van der Waals surface area (Å²) in [5.74, 6) is -1.05. The van der Waals surface area contributed by atoms with E-state index in [1.54, 1.807) is 32.9 Å². The highest BCUT2D eigenvalue weighted by Crippen LogP contribution is 2.30. The standard InChI is InChI=1S/C15H22N2O3/c1-11(2)17(10-18)15(3,14(19)20)12-6-8-13(9-7-12)16(4)5/h6-11H,1-5H3,(H,19,20). The van der Waals surface area contributed by atoms with Crippen LogP contribution < -0.4 is 4.90 Å². The Morgan fingerprint density at radius 3 is 2.05 bits per heavy atom. The highest BCUT2D eigenvalue weighted by molar-refractivity contribution is 5.83. The van der Waals surface area contributed by atoms with Gasteiger partial charge in [0.2, 0.25) is 6.41 Å². The van der Waals surface area contributed by atoms with Crippen LogP contribution >= 0.6 is 0 Å². The van der Waals surface area contributed by atoms with Crippen molar-refractivity contribution >= 4 is 18.1 Å². The van der Waals surface area contributed by atoms with Crippen molar-refractivity contribution in [3.8, 4) is 0 Å². The maximum absolute atomic E-state index is 11.7. The molecule has 110 valence electrons. The summed E-state index contributed by atoms with van der Waals surface area (Å²) in [7, 11) is 3.83. The van der Waals surface area contributed by atoms with Crippen LogP contribution in [0.1, 0.15) is 26.3 Å². The number of carboxylic acids is 1. The normalized spacial score (nSPS) is 13.7. The molecule has 0 radical (unpaired) electrons. The maximum Gasteiger partial charge on any atom is 0.334 e. The summed E-state index contributed by atoms with van der Waals surface area (Å²) in [6, 6.07) is 6.99. The van der Waals surface area contributed by atoms with Crippen molar-refractivity contribution in [1.82, 2.24) is 4.90 Å². The van der Waals surface area contributed by atoms with E-state index in [0.29, 0.717) is 12.0 Å². The van der Waals surface area contributed by atoms with Gasteiger partial charge in [0.15, 0.2) is 5.54 Å². The number of anilines is 1. The zero-order valence-electron chi connectivity index (χ0n) is 12.6. The van der Waals surface area contributed by atoms with Crippen molar-refractivity contribution < 1.29 is 14.7 Å². The largest absolute Gasteiger partial charge is 0.479 e. The molecule has 1 unspecified atom stereocenters. The maximum atomic E-state index is 11.7. The SMILES string of the molecule is CC(C)N(C=O)C(C)(C(=O)O)c1ccc(N(C)C)cc1. The zero-order valence-corrected chi connectivity index (χ0v) is 12.6. The van der Waals surface area contributed by atoms with Crippen molar-refractivity contribution in [1.29, 1.82) is 0 Å². The number of carbonyl (C=O) groups excluding carboxylic acids is 1. The molecule has 0 bridgehead atoms. The van der Waals surface area contributed by atoms with Gasteiger partial charge in [-0.05, 0) is 38.5 Å². The number of amides is 1. The third-order valence-electron chi connectivity index (χ3n) is 3.55. The van der Waals surface area contributed by atoms with E-state index in [2.05, 4.69) is 0 Å². The highest BCUT2D eigenvalue weighted by atomic mass is 16.4. The predicted molar refractivity (Wildman–Crippen MR) is 78.8 cm³/mol. The Balaban J connectivity index is 3.32. The second-order valence-corrected chi connectivity index (χ2v) is 5.43. The Bertz CT molecular complexity index is 482. The minimum absolute atomic E-state index is 0.206. The number of hydrogen-bond donors (Lipinski definition) is 1. The molecule has 1 atom stereocenters. The molecule has 1 rings (SSSR count). The smallest absolute Gasteiger partial charge is 0.334 e. The van der Waals surface area contributed by atoms with Crippen LogP contribution in [0, 0.1) is 0 Å². The Kier molecular flexibility index (Phi) is 4.76. The fourth-order valence-corrected chi connectivity index (χ4v) is 2.21. The van der Waals surface area contributed by atoms with Crippen molar-refractivity contribution in [3.63, 3.8) is 0 Å². The molecule has 0 heterocycles. The third-order valence-corrected chi connectivity index (χ3v) is 3.55. The molecule has 1 aromatic rings. The van der Waals surface area contributed by atoms with Crippen molar-refractivity contribution in [2.75, 3.05) is 19.0 Å². The van der Waals surface area contributed by atoms with Gasteiger partial charge in [0.1, 0.15) is 0 Å². The molecule has 0 fully saturated rings. The number of nitrogens with zero attached hydrogens (tertiary/aromatic N) is 2. The van der Waals surface area contributed by atoms with E-state index in [0.717, 1.165) is 5.69 Å². The zero-order chi connectivity index (χ0) is 15.5. The first-order valence-corrected chi connectivity index (χ1v) is 6.50. The molecule has 0 saturated carbocycles. The van der Waals surface area contributed by atoms with Crippen molar-refractivity contribution in [2.24, 2.45) is 0 Å². The molecule has 5 nitrogen and oxygen atoms in total. The lowest BCUT2D eigenvalue weighted by Gasteiger charge is -2.38. The summed E-state index contributed by atoms with van der Waals surface area (Å²) in [5.41, 5.74) is 0.181. The summed E-state index contributed by atoms with van der Waals surface area (Å²) in [4.78, 5) is 26.3. The Hall–Kier alpha value is -2.04. The van der Waals surface area contributed by atoms with E-state index in [1.165, 1.54) is 4.90 Å². The van der Waals surface area contributed by atoms with Crippen LogP contribution in [-0.4, -0.2) is 42.5 Å². The van der Waals surface area contributed by atoms with Gasteiger partial charge in [-0.15, -0.1) is 0 Å². The van der Waals surface area contributed by atoms with E-state index in [-0.39, 0.29) is 6.04 Å². The Morgan fingerprint density at radius 2 is 1.75 bits per heavy atom. The van der Waals surface area contributed by atoms with Crippen LogP contribution in [0.2, 0.25) is 0 Å². The minimum atomic E-state index is -1.37. The molecule has 1 amide bonds. The quantitative estimate of drug-likeness (QED) is 0.808. The van der Waals surface area contributed by atoms with Gasteiger partial charge in [0.05, 0.1) is 0 Å². The van der Waals surface area contributed by atoms with Crippen LogP contribution in [-0.2, 0) is 15.1 Å². The van der Waals surface area contributed by atoms with Crippen molar-refractivity contribution in [2.45, 2.75) is 32.4 Å². The fourth-order valence-electron chi connectivity index (χ4n) is 2.21. The minimum Gasteiger partial charge on any atom is -0.479 e. The molecule has 20 heavy (non-hydrogen) atoms. The number of hydrogen-bond acceptors (Lipinski definition) is 3. The lowest BCUT2D eigenvalue weighted by atomic mass is 9.89. The molecule has 0 aliphatic rings. The summed E-state index contributed by atoms with van der Waals surface area (Å²) < 4.78 is 0. The summed E-state index contributed by atoms with van der Waals surface area (Å²) in [6.07, 6.45) is 0.596. The van der Waals surface area contributed by atoms with Crippen LogP contribution in [0.15, 0.2) is 24.3 Å². The molecule has 1 N–H and O–H groups in total. The van der Waals surface area contributed by atoms with Gasteiger partial charge in [0.25, 0.3) is 0 Å². The summed E-state index contributed by atoms with van der Waals surface area (Å²) in [6.45, 7) is 5.14. The molecule has 5 heteroatoms. The number of benzene rings is 1. The highest BCUT2D eigenvalue weighted by Gasteiger charge is 2.42. The van der Waals surface area contributed by atoms with Gasteiger partial charge in [-0.1, -0.05) is 12.1 Å². The molecule has 1 aromatic carbocycles. The predicted octanol–water partition coefficient (Wildman–Crippen LogP) is 1.92. The van der Waals surface area contributed by atoms with Crippen molar-refractivity contribution in [3.05, 3.63) is 29.8 Å². The Labute approximate surface area is 119 Å². The second-order valence-electron chi connectivity index (χ2n) is 5.43. The third kappa shape index (κ3) is 2.76. The Morgan fingerprint density at radius 1 is 1.25 bits per heavy atom. The molecule has 0 aliphatic carbocycles. The molecule has 0 spiro atoms. The van der Waals surface area contributed by atoms with E-state index in [4.69, 9.17) is 0 Å². The fraction of sp³-hybridized carbons (Fsp3) is 0.467. The van der Waals surface area contributed by atoms with Crippen LogP contribution in [0.25, 0.3) is 0 Å². The van der Waals surface area contributed by atoms with Gasteiger partial charge in [0, 0.05) is 25.8 Å². The molecule has 0 saturated heterocycles. The van der Waals surface area contributed by atoms with E-state index in [9.17, 15) is 14.7 Å². The first-order valence-electron chi connectivity index (χ1n) is 6.50. The molecular formula is C15H22N2O3. The average molecular weight is 278 g/mol. The van der Waals surface area contributed by atoms with E-state index >= 15 is 0 Å². The molecular weight excluding hydrogens is 256 g/mol. The lowest BCUT2D eigenvalue weighted by Crippen LogP contribution is -2.52. The van der Waals surface area contributed by atoms with Gasteiger partial charge < -0.3 is 14.9 Å². The molecule has 0 aliphatic heterocycles. The van der Waals surface area contributed by atoms with Gasteiger partial charge in [-0.2, -0.15) is 0 Å². The van der Waals surface area contributed by atoms with Crippen LogP contribution in [0.3, 0.4) is 0 Å². The topological polar surface area (TPSA) is 60.9 Å². The van der Waals surface area contributed by atoms with Gasteiger partial charge in [-0.25, -0.2) is 4.79 Å². The number of carbonyl (C=O) groups is 2. The first-order chi connectivity index (χ1) is 9.25. The lowest BCUT2D eigenvalue weighted by molar-refractivity contribution is -0.156. The van der Waals surface area contributed by atoms with E-state index in [1.807, 2.05) is 31.1 Å². The first kappa shape index (κ1) is 16.0. The average Bonchev–Trinajstić information content (AvgIpc) is 2.38. The summed E-state index contributed by atoms with van der Waals surface area (Å²) >= 11 is 0. The van der Waals surface area contributed by atoms with Crippen LogP contribution in [0.5, 0.6) is 0 Å². The second kappa shape index (κ2) is 5.94. The molecule has 0 aromatic heterocycles. The van der Waals surface area contributed by atoms with E-state index < -0.39 is 11.5 Å². The van der Waals surface area contributed by atoms with Crippen LogP contribution in [0.4, 0.5) is 5.69 Å². The monoisotopic (exact) mass is 278 g/mol. The van der Waals surface area contributed by atoms with Gasteiger partial charge in [-0.3, -0.25) is 4.79 Å². The van der Waals surface area contributed by atoms with Gasteiger partial charge >= 0.3 is 5.97 Å². The number of carboxylic acid groups (broad SMARTS) is 1. The summed E-state index contributed by atoms with van der Waals surface area (Å²) in [5, 5.41) is 9.60.